The maximum Gasteiger partial charge on any atom is 0.240 e. The van der Waals surface area contributed by atoms with E-state index in [0.717, 1.165) is 37.3 Å². The first-order valence-electron chi connectivity index (χ1n) is 8.82. The molecule has 1 N–H and O–H groups in total. The second kappa shape index (κ2) is 10.3. The summed E-state index contributed by atoms with van der Waals surface area (Å²) in [7, 11) is 0. The molecule has 0 aliphatic carbocycles. The van der Waals surface area contributed by atoms with E-state index in [2.05, 4.69) is 24.1 Å². The molecule has 2 rings (SSSR count). The smallest absolute Gasteiger partial charge is 0.240 e. The summed E-state index contributed by atoms with van der Waals surface area (Å²) in [5.41, 5.74) is 1.76. The number of hydrogen-bond acceptors (Lipinski definition) is 4. The zero-order valence-electron chi connectivity index (χ0n) is 15.0. The van der Waals surface area contributed by atoms with Gasteiger partial charge in [-0.2, -0.15) is 0 Å². The molecule has 0 radical (unpaired) electrons. The topological polar surface area (TPSA) is 52.7 Å². The predicted octanol–water partition coefficient (Wildman–Crippen LogP) is 2.41. The number of amides is 2. The highest BCUT2D eigenvalue weighted by Crippen LogP contribution is 2.27. The zero-order chi connectivity index (χ0) is 18.1. The van der Waals surface area contributed by atoms with Crippen LogP contribution in [0.25, 0.3) is 5.70 Å². The third kappa shape index (κ3) is 5.90. The summed E-state index contributed by atoms with van der Waals surface area (Å²) in [5, 5.41) is 4.90. The Labute approximate surface area is 154 Å². The van der Waals surface area contributed by atoms with Crippen LogP contribution in [0.5, 0.6) is 0 Å². The third-order valence-electron chi connectivity index (χ3n) is 4.23. The van der Waals surface area contributed by atoms with Crippen LogP contribution < -0.4 is 5.32 Å². The van der Waals surface area contributed by atoms with E-state index in [4.69, 9.17) is 0 Å². The number of carbonyl (C=O) groups excluding carboxylic acids is 2. The van der Waals surface area contributed by atoms with E-state index < -0.39 is 0 Å². The van der Waals surface area contributed by atoms with Crippen molar-refractivity contribution in [2.45, 2.75) is 20.3 Å². The van der Waals surface area contributed by atoms with E-state index in [-0.39, 0.29) is 18.4 Å². The molecule has 0 spiro atoms. The van der Waals surface area contributed by atoms with Crippen molar-refractivity contribution in [1.82, 2.24) is 15.1 Å². The van der Waals surface area contributed by atoms with Gasteiger partial charge in [0, 0.05) is 6.54 Å². The first-order chi connectivity index (χ1) is 12.2. The lowest BCUT2D eigenvalue weighted by Gasteiger charge is -2.28. The van der Waals surface area contributed by atoms with Crippen LogP contribution in [0.4, 0.5) is 0 Å². The number of hydrogen-bond donors (Lipinski definition) is 1. The molecule has 0 saturated heterocycles. The molecule has 0 saturated carbocycles. The third-order valence-corrected chi connectivity index (χ3v) is 5.04. The number of rotatable bonds is 9. The van der Waals surface area contributed by atoms with E-state index in [1.54, 1.807) is 4.90 Å². The lowest BCUT2D eigenvalue weighted by atomic mass is 10.1. The van der Waals surface area contributed by atoms with Gasteiger partial charge in [0.1, 0.15) is 6.54 Å². The number of benzene rings is 1. The molecule has 1 aliphatic rings. The Morgan fingerprint density at radius 2 is 1.96 bits per heavy atom. The lowest BCUT2D eigenvalue weighted by Crippen LogP contribution is -2.42. The molecule has 25 heavy (non-hydrogen) atoms. The zero-order valence-corrected chi connectivity index (χ0v) is 15.8. The minimum absolute atomic E-state index is 0.0235. The highest BCUT2D eigenvalue weighted by molar-refractivity contribution is 8.03. The van der Waals surface area contributed by atoms with Gasteiger partial charge in [-0.25, -0.2) is 0 Å². The van der Waals surface area contributed by atoms with Gasteiger partial charge in [-0.05, 0) is 37.0 Å². The summed E-state index contributed by atoms with van der Waals surface area (Å²) in [5.74, 6) is 0.247. The summed E-state index contributed by atoms with van der Waals surface area (Å²) in [4.78, 5) is 28.5. The number of thioether (sulfide) groups is 1. The van der Waals surface area contributed by atoms with Crippen molar-refractivity contribution in [2.24, 2.45) is 0 Å². The van der Waals surface area contributed by atoms with Crippen LogP contribution in [-0.4, -0.2) is 60.1 Å². The monoisotopic (exact) mass is 361 g/mol. The standard InChI is InChI=1S/C19H27N3O2S/c1-3-21(4-2)12-8-11-20-18(23)13-22-17(14-25-15-19(22)24)16-9-6-5-7-10-16/h5-7,9-10,14H,3-4,8,11-13,15H2,1-2H3,(H,20,23). The van der Waals surface area contributed by atoms with Crippen molar-refractivity contribution >= 4 is 29.3 Å². The molecule has 1 aliphatic heterocycles. The molecule has 6 heteroatoms. The molecule has 1 aromatic rings. The number of nitrogens with one attached hydrogen (secondary N) is 1. The van der Waals surface area contributed by atoms with Crippen molar-refractivity contribution < 1.29 is 9.59 Å². The van der Waals surface area contributed by atoms with Gasteiger partial charge in [-0.15, -0.1) is 11.8 Å². The molecule has 136 valence electrons. The molecule has 0 bridgehead atoms. The fourth-order valence-electron chi connectivity index (χ4n) is 2.74. The fraction of sp³-hybridized carbons (Fsp3) is 0.474. The minimum Gasteiger partial charge on any atom is -0.355 e. The fourth-order valence-corrected chi connectivity index (χ4v) is 3.55. The Morgan fingerprint density at radius 3 is 2.64 bits per heavy atom. The van der Waals surface area contributed by atoms with Crippen molar-refractivity contribution in [3.05, 3.63) is 41.3 Å². The molecule has 0 unspecified atom stereocenters. The molecular weight excluding hydrogens is 334 g/mol. The van der Waals surface area contributed by atoms with Gasteiger partial charge in [-0.3, -0.25) is 9.59 Å². The molecular formula is C19H27N3O2S. The number of carbonyl (C=O) groups is 2. The highest BCUT2D eigenvalue weighted by Gasteiger charge is 2.25. The van der Waals surface area contributed by atoms with Crippen LogP contribution in [0.3, 0.4) is 0 Å². The average Bonchev–Trinajstić information content (AvgIpc) is 2.64. The van der Waals surface area contributed by atoms with Crippen LogP contribution in [0.2, 0.25) is 0 Å². The summed E-state index contributed by atoms with van der Waals surface area (Å²) in [6.45, 7) is 8.01. The van der Waals surface area contributed by atoms with E-state index >= 15 is 0 Å². The first-order valence-corrected chi connectivity index (χ1v) is 9.87. The van der Waals surface area contributed by atoms with E-state index in [9.17, 15) is 9.59 Å². The molecule has 0 aromatic heterocycles. The van der Waals surface area contributed by atoms with E-state index in [1.807, 2.05) is 35.7 Å². The summed E-state index contributed by atoms with van der Waals surface area (Å²) < 4.78 is 0. The first kappa shape index (κ1) is 19.5. The van der Waals surface area contributed by atoms with Crippen molar-refractivity contribution in [2.75, 3.05) is 38.5 Å². The molecule has 1 aromatic carbocycles. The molecule has 2 amide bonds. The van der Waals surface area contributed by atoms with Crippen molar-refractivity contribution in [3.63, 3.8) is 0 Å². The van der Waals surface area contributed by atoms with Gasteiger partial charge in [-0.1, -0.05) is 44.2 Å². The van der Waals surface area contributed by atoms with Gasteiger partial charge in [0.25, 0.3) is 0 Å². The summed E-state index contributed by atoms with van der Waals surface area (Å²) in [6.07, 6.45) is 0.915. The van der Waals surface area contributed by atoms with Crippen LogP contribution in [0, 0.1) is 0 Å². The Balaban J connectivity index is 1.88. The second-order valence-corrected chi connectivity index (χ2v) is 6.75. The Morgan fingerprint density at radius 1 is 1.24 bits per heavy atom. The Bertz CT molecular complexity index is 600. The minimum atomic E-state index is -0.110. The average molecular weight is 362 g/mol. The predicted molar refractivity (Wildman–Crippen MR) is 104 cm³/mol. The van der Waals surface area contributed by atoms with Crippen molar-refractivity contribution in [1.29, 1.82) is 0 Å². The van der Waals surface area contributed by atoms with Crippen LogP contribution in [0.1, 0.15) is 25.8 Å². The summed E-state index contributed by atoms with van der Waals surface area (Å²) in [6, 6.07) is 9.73. The van der Waals surface area contributed by atoms with Crippen molar-refractivity contribution in [3.8, 4) is 0 Å². The Hall–Kier alpha value is -1.79. The quantitative estimate of drug-likeness (QED) is 0.686. The summed E-state index contributed by atoms with van der Waals surface area (Å²) >= 11 is 1.48. The van der Waals surface area contributed by atoms with Gasteiger partial charge in [0.05, 0.1) is 11.4 Å². The molecule has 0 atom stereocenters. The second-order valence-electron chi connectivity index (χ2n) is 5.89. The van der Waals surface area contributed by atoms with Gasteiger partial charge in [0.2, 0.25) is 11.8 Å². The van der Waals surface area contributed by atoms with Crippen LogP contribution >= 0.6 is 11.8 Å². The maximum atomic E-state index is 12.3. The lowest BCUT2D eigenvalue weighted by molar-refractivity contribution is -0.131. The van der Waals surface area contributed by atoms with Gasteiger partial charge in [0.15, 0.2) is 0 Å². The largest absolute Gasteiger partial charge is 0.355 e. The van der Waals surface area contributed by atoms with Crippen LogP contribution in [0.15, 0.2) is 35.7 Å². The SMILES string of the molecule is CCN(CC)CCCNC(=O)CN1C(=O)CSC=C1c1ccccc1. The van der Waals surface area contributed by atoms with Gasteiger partial charge >= 0.3 is 0 Å². The highest BCUT2D eigenvalue weighted by atomic mass is 32.2. The normalized spacial score (nSPS) is 14.6. The number of nitrogens with zero attached hydrogens (tertiary/aromatic N) is 2. The van der Waals surface area contributed by atoms with E-state index in [1.165, 1.54) is 11.8 Å². The Kier molecular flexibility index (Phi) is 8.01. The molecule has 5 nitrogen and oxygen atoms in total. The molecule has 0 fully saturated rings. The van der Waals surface area contributed by atoms with E-state index in [0.29, 0.717) is 12.3 Å². The molecule has 1 heterocycles. The maximum absolute atomic E-state index is 12.3. The van der Waals surface area contributed by atoms with Gasteiger partial charge < -0.3 is 15.1 Å². The van der Waals surface area contributed by atoms with Crippen LogP contribution in [-0.2, 0) is 9.59 Å².